The Balaban J connectivity index is 2.18. The molecule has 6 heteroatoms. The highest BCUT2D eigenvalue weighted by atomic mass is 16.4. The molecule has 0 fully saturated rings. The Morgan fingerprint density at radius 3 is 2.38 bits per heavy atom. The molecule has 0 aromatic heterocycles. The van der Waals surface area contributed by atoms with Crippen molar-refractivity contribution >= 4 is 17.6 Å². The number of aromatic carboxylic acids is 1. The summed E-state index contributed by atoms with van der Waals surface area (Å²) in [6.07, 6.45) is 1.41. The van der Waals surface area contributed by atoms with Crippen LogP contribution in [-0.2, 0) is 6.42 Å². The number of hydrogen-bond donors (Lipinski definition) is 3. The molecule has 0 spiro atoms. The van der Waals surface area contributed by atoms with Crippen LogP contribution in [0.25, 0.3) is 0 Å². The minimum atomic E-state index is -1.27. The summed E-state index contributed by atoms with van der Waals surface area (Å²) in [4.78, 5) is 23.6. The summed E-state index contributed by atoms with van der Waals surface area (Å²) in [5.74, 6) is -1.82. The molecule has 6 nitrogen and oxygen atoms in total. The smallest absolute Gasteiger partial charge is 0.336 e. The number of nitriles is 1. The second-order valence-corrected chi connectivity index (χ2v) is 5.16. The standard InChI is InChI=1S/C18H16N2O4/c19-11-13-5-8-15(16(10-13)18(23)24)17(22)20-14-6-3-12(4-7-14)2-1-9-21/h3-8,10,21H,1-2,9H2,(H,20,22)(H,23,24). The number of benzene rings is 2. The molecule has 0 aliphatic carbocycles. The van der Waals surface area contributed by atoms with Crippen LogP contribution >= 0.6 is 0 Å². The highest BCUT2D eigenvalue weighted by Crippen LogP contribution is 2.16. The van der Waals surface area contributed by atoms with Crippen molar-refractivity contribution in [3.63, 3.8) is 0 Å². The van der Waals surface area contributed by atoms with Crippen LogP contribution in [0.15, 0.2) is 42.5 Å². The fourth-order valence-electron chi connectivity index (χ4n) is 2.23. The van der Waals surface area contributed by atoms with Gasteiger partial charge in [-0.2, -0.15) is 5.26 Å². The zero-order valence-electron chi connectivity index (χ0n) is 12.8. The number of carboxylic acids is 1. The zero-order chi connectivity index (χ0) is 17.5. The van der Waals surface area contributed by atoms with Gasteiger partial charge >= 0.3 is 5.97 Å². The topological polar surface area (TPSA) is 110 Å². The molecule has 122 valence electrons. The SMILES string of the molecule is N#Cc1ccc(C(=O)Nc2ccc(CCCO)cc2)c(C(=O)O)c1. The molecule has 0 aliphatic rings. The number of carboxylic acid groups (broad SMARTS) is 1. The number of amides is 1. The van der Waals surface area contributed by atoms with Crippen LogP contribution in [-0.4, -0.2) is 28.7 Å². The third-order valence-corrected chi connectivity index (χ3v) is 3.46. The Kier molecular flexibility index (Phi) is 5.66. The number of hydrogen-bond acceptors (Lipinski definition) is 4. The summed E-state index contributed by atoms with van der Waals surface area (Å²) in [5, 5.41) is 29.5. The highest BCUT2D eigenvalue weighted by molar-refractivity contribution is 6.10. The molecule has 0 aliphatic heterocycles. The number of anilines is 1. The fraction of sp³-hybridized carbons (Fsp3) is 0.167. The van der Waals surface area contributed by atoms with Crippen LogP contribution in [0.4, 0.5) is 5.69 Å². The lowest BCUT2D eigenvalue weighted by molar-refractivity contribution is 0.0692. The Morgan fingerprint density at radius 2 is 1.79 bits per heavy atom. The Bertz CT molecular complexity index is 792. The van der Waals surface area contributed by atoms with Crippen LogP contribution < -0.4 is 5.32 Å². The van der Waals surface area contributed by atoms with Gasteiger partial charge < -0.3 is 15.5 Å². The van der Waals surface area contributed by atoms with Gasteiger partial charge in [0.15, 0.2) is 0 Å². The van der Waals surface area contributed by atoms with E-state index < -0.39 is 11.9 Å². The largest absolute Gasteiger partial charge is 0.478 e. The van der Waals surface area contributed by atoms with Gasteiger partial charge in [0.1, 0.15) is 0 Å². The van der Waals surface area contributed by atoms with Gasteiger partial charge in [0.05, 0.1) is 22.8 Å². The van der Waals surface area contributed by atoms with Crippen molar-refractivity contribution in [2.24, 2.45) is 0 Å². The van der Waals surface area contributed by atoms with E-state index in [1.54, 1.807) is 12.1 Å². The summed E-state index contributed by atoms with van der Waals surface area (Å²) in [6.45, 7) is 0.120. The van der Waals surface area contributed by atoms with Crippen LogP contribution in [0.3, 0.4) is 0 Å². The van der Waals surface area contributed by atoms with Crippen molar-refractivity contribution in [3.05, 3.63) is 64.7 Å². The van der Waals surface area contributed by atoms with Crippen molar-refractivity contribution in [2.75, 3.05) is 11.9 Å². The molecule has 0 saturated carbocycles. The van der Waals surface area contributed by atoms with Crippen LogP contribution in [0.1, 0.15) is 38.3 Å². The quantitative estimate of drug-likeness (QED) is 0.756. The lowest BCUT2D eigenvalue weighted by Gasteiger charge is -2.09. The van der Waals surface area contributed by atoms with E-state index in [0.29, 0.717) is 12.1 Å². The first kappa shape index (κ1) is 17.2. The normalized spacial score (nSPS) is 10.0. The Morgan fingerprint density at radius 1 is 1.08 bits per heavy atom. The second kappa shape index (κ2) is 7.90. The van der Waals surface area contributed by atoms with E-state index in [9.17, 15) is 14.7 Å². The molecule has 0 saturated heterocycles. The van der Waals surface area contributed by atoms with Crippen molar-refractivity contribution in [1.29, 1.82) is 5.26 Å². The zero-order valence-corrected chi connectivity index (χ0v) is 12.8. The predicted octanol–water partition coefficient (Wildman–Crippen LogP) is 2.43. The van der Waals surface area contributed by atoms with E-state index in [1.165, 1.54) is 18.2 Å². The maximum Gasteiger partial charge on any atom is 0.336 e. The average molecular weight is 324 g/mol. The number of nitrogens with zero attached hydrogens (tertiary/aromatic N) is 1. The summed E-state index contributed by atoms with van der Waals surface area (Å²) in [5.41, 5.74) is 1.52. The van der Waals surface area contributed by atoms with Gasteiger partial charge in [-0.15, -0.1) is 0 Å². The van der Waals surface area contributed by atoms with Gasteiger partial charge in [-0.1, -0.05) is 12.1 Å². The number of carbonyl (C=O) groups excluding carboxylic acids is 1. The van der Waals surface area contributed by atoms with E-state index in [-0.39, 0.29) is 23.3 Å². The van der Waals surface area contributed by atoms with E-state index >= 15 is 0 Å². The van der Waals surface area contributed by atoms with Gasteiger partial charge in [0, 0.05) is 12.3 Å². The first-order valence-corrected chi connectivity index (χ1v) is 7.33. The summed E-state index contributed by atoms with van der Waals surface area (Å²) < 4.78 is 0. The van der Waals surface area contributed by atoms with Crippen molar-refractivity contribution in [2.45, 2.75) is 12.8 Å². The Hall–Kier alpha value is -3.17. The third-order valence-electron chi connectivity index (χ3n) is 3.46. The van der Waals surface area contributed by atoms with Gasteiger partial charge in [-0.3, -0.25) is 4.79 Å². The lowest BCUT2D eigenvalue weighted by Crippen LogP contribution is -2.16. The van der Waals surface area contributed by atoms with Gasteiger partial charge in [-0.25, -0.2) is 4.79 Å². The molecule has 0 radical (unpaired) electrons. The second-order valence-electron chi connectivity index (χ2n) is 5.16. The van der Waals surface area contributed by atoms with E-state index in [0.717, 1.165) is 12.0 Å². The lowest BCUT2D eigenvalue weighted by atomic mass is 10.0. The molecule has 2 aromatic rings. The van der Waals surface area contributed by atoms with Crippen molar-refractivity contribution in [3.8, 4) is 6.07 Å². The number of aryl methyl sites for hydroxylation is 1. The molecule has 2 rings (SSSR count). The molecule has 1 amide bonds. The number of rotatable bonds is 6. The molecular weight excluding hydrogens is 308 g/mol. The van der Waals surface area contributed by atoms with Gasteiger partial charge in [-0.05, 0) is 48.7 Å². The van der Waals surface area contributed by atoms with E-state index in [2.05, 4.69) is 5.32 Å². The average Bonchev–Trinajstić information content (AvgIpc) is 2.60. The van der Waals surface area contributed by atoms with Crippen molar-refractivity contribution in [1.82, 2.24) is 0 Å². The van der Waals surface area contributed by atoms with Crippen LogP contribution in [0, 0.1) is 11.3 Å². The Labute approximate surface area is 139 Å². The molecular formula is C18H16N2O4. The summed E-state index contributed by atoms with van der Waals surface area (Å²) in [7, 11) is 0. The molecule has 0 unspecified atom stereocenters. The number of nitrogens with one attached hydrogen (secondary N) is 1. The first-order chi connectivity index (χ1) is 11.5. The molecule has 0 heterocycles. The van der Waals surface area contributed by atoms with E-state index in [4.69, 9.17) is 10.4 Å². The fourth-order valence-corrected chi connectivity index (χ4v) is 2.23. The van der Waals surface area contributed by atoms with Crippen LogP contribution in [0.2, 0.25) is 0 Å². The van der Waals surface area contributed by atoms with Gasteiger partial charge in [0.25, 0.3) is 5.91 Å². The highest BCUT2D eigenvalue weighted by Gasteiger charge is 2.17. The summed E-state index contributed by atoms with van der Waals surface area (Å²) in [6, 6.07) is 12.9. The minimum absolute atomic E-state index is 0.00847. The molecule has 0 bridgehead atoms. The van der Waals surface area contributed by atoms with E-state index in [1.807, 2.05) is 18.2 Å². The number of carbonyl (C=O) groups is 2. The van der Waals surface area contributed by atoms with Gasteiger partial charge in [0.2, 0.25) is 0 Å². The maximum atomic E-state index is 12.3. The minimum Gasteiger partial charge on any atom is -0.478 e. The maximum absolute atomic E-state index is 12.3. The van der Waals surface area contributed by atoms with Crippen LogP contribution in [0.5, 0.6) is 0 Å². The molecule has 2 aromatic carbocycles. The summed E-state index contributed by atoms with van der Waals surface area (Å²) >= 11 is 0. The molecule has 24 heavy (non-hydrogen) atoms. The third kappa shape index (κ3) is 4.18. The van der Waals surface area contributed by atoms with Crippen molar-refractivity contribution < 1.29 is 19.8 Å². The molecule has 0 atom stereocenters. The molecule has 3 N–H and O–H groups in total. The number of aliphatic hydroxyl groups is 1. The first-order valence-electron chi connectivity index (χ1n) is 7.33. The predicted molar refractivity (Wildman–Crippen MR) is 87.9 cm³/mol. The number of aliphatic hydroxyl groups excluding tert-OH is 1. The monoisotopic (exact) mass is 324 g/mol.